The Balaban J connectivity index is 0.00000151. The number of aliphatic hydroxyl groups is 2. The number of aromatic nitrogens is 1. The van der Waals surface area contributed by atoms with Crippen molar-refractivity contribution >= 4 is 0 Å². The molecule has 0 bridgehead atoms. The van der Waals surface area contributed by atoms with Gasteiger partial charge in [-0.05, 0) is 36.7 Å². The molecule has 1 saturated heterocycles. The average Bonchev–Trinajstić information content (AvgIpc) is 3.41. The Bertz CT molecular complexity index is 1320. The normalized spacial score (nSPS) is 27.9. The smallest absolute Gasteiger partial charge is 0.174 e. The number of fused-ring (bicyclic) bond motifs is 3. The largest absolute Gasteiger partial charge is 0.495 e. The van der Waals surface area contributed by atoms with Gasteiger partial charge in [-0.3, -0.25) is 4.98 Å². The van der Waals surface area contributed by atoms with Crippen LogP contribution in [0.5, 0.6) is 11.5 Å². The number of methoxy groups -OCH3 is 1. The molecule has 6 rings (SSSR count). The molecule has 4 unspecified atom stereocenters. The predicted octanol–water partition coefficient (Wildman–Crippen LogP) is 3.10. The number of hydrogen-bond donors (Lipinski definition) is 2. The van der Waals surface area contributed by atoms with Crippen molar-refractivity contribution in [2.45, 2.75) is 23.5 Å². The highest BCUT2D eigenvalue weighted by Crippen LogP contribution is 2.70. The molecular formula is C31H36N4O4. The fourth-order valence-electron chi connectivity index (χ4n) is 6.81. The molecule has 0 radical (unpaired) electrons. The number of nitriles is 1. The first-order valence-corrected chi connectivity index (χ1v) is 13.4. The molecule has 1 aromatic heterocycles. The maximum atomic E-state index is 13.2. The van der Waals surface area contributed by atoms with Crippen molar-refractivity contribution in [3.8, 4) is 17.6 Å². The van der Waals surface area contributed by atoms with E-state index in [0.29, 0.717) is 22.6 Å². The van der Waals surface area contributed by atoms with Gasteiger partial charge < -0.3 is 29.5 Å². The van der Waals surface area contributed by atoms with E-state index in [4.69, 9.17) is 14.6 Å². The number of ether oxygens (including phenoxy) is 2. The standard InChI is InChI=1S/C30H32N4O3.CH4O/c1-33-12-14-34(15-13-33)20-24-16-25(22-6-4-3-5-7-22)30(23-10-8-21(17-31)9-11-23)29(24,35)28-26(36-2)18-32-19-27(28)37-30;1-2/h3-11,18-19,24-25,35H,12-16,20H2,1-2H3;2H,1H3. The summed E-state index contributed by atoms with van der Waals surface area (Å²) in [6.07, 6.45) is 4.10. The molecule has 0 amide bonds. The fraction of sp³-hybridized carbons (Fsp3) is 0.419. The van der Waals surface area contributed by atoms with Crippen LogP contribution in [0.25, 0.3) is 0 Å². The summed E-state index contributed by atoms with van der Waals surface area (Å²) in [6, 6.07) is 20.0. The van der Waals surface area contributed by atoms with E-state index in [9.17, 15) is 10.4 Å². The van der Waals surface area contributed by atoms with Crippen LogP contribution in [0.3, 0.4) is 0 Å². The third-order valence-electron chi connectivity index (χ3n) is 8.64. The van der Waals surface area contributed by atoms with Gasteiger partial charge in [0.05, 0.1) is 36.7 Å². The Kier molecular flexibility index (Phi) is 7.61. The SMILES string of the molecule is CO.COc1cncc2c1C1(O)C(CN3CCN(C)CC3)CC(c3ccccc3)C1(c1ccc(C#N)cc1)O2. The predicted molar refractivity (Wildman–Crippen MR) is 148 cm³/mol. The van der Waals surface area contributed by atoms with Crippen LogP contribution in [-0.2, 0) is 11.2 Å². The molecule has 2 aromatic carbocycles. The van der Waals surface area contributed by atoms with E-state index in [1.54, 1.807) is 19.5 Å². The lowest BCUT2D eigenvalue weighted by molar-refractivity contribution is -0.132. The number of piperazine rings is 1. The number of aliphatic hydroxyl groups excluding tert-OH is 1. The van der Waals surface area contributed by atoms with Crippen LogP contribution in [0.15, 0.2) is 67.0 Å². The first kappa shape index (κ1) is 27.1. The van der Waals surface area contributed by atoms with E-state index in [0.717, 1.165) is 57.4 Å². The minimum absolute atomic E-state index is 0.116. The lowest BCUT2D eigenvalue weighted by Gasteiger charge is -2.43. The fourth-order valence-corrected chi connectivity index (χ4v) is 6.81. The molecule has 1 saturated carbocycles. The van der Waals surface area contributed by atoms with Crippen molar-refractivity contribution in [1.29, 1.82) is 5.26 Å². The van der Waals surface area contributed by atoms with Crippen LogP contribution in [-0.4, -0.2) is 79.0 Å². The molecule has 3 aromatic rings. The Morgan fingerprint density at radius 3 is 2.38 bits per heavy atom. The van der Waals surface area contributed by atoms with Gasteiger partial charge in [0.25, 0.3) is 0 Å². The van der Waals surface area contributed by atoms with Gasteiger partial charge in [-0.15, -0.1) is 0 Å². The van der Waals surface area contributed by atoms with Gasteiger partial charge >= 0.3 is 0 Å². The molecule has 1 aliphatic carbocycles. The number of hydrogen-bond acceptors (Lipinski definition) is 8. The van der Waals surface area contributed by atoms with Crippen molar-refractivity contribution in [3.63, 3.8) is 0 Å². The molecular weight excluding hydrogens is 492 g/mol. The molecule has 8 heteroatoms. The third-order valence-corrected chi connectivity index (χ3v) is 8.64. The van der Waals surface area contributed by atoms with Crippen LogP contribution in [0.2, 0.25) is 0 Å². The lowest BCUT2D eigenvalue weighted by atomic mass is 9.70. The van der Waals surface area contributed by atoms with E-state index >= 15 is 0 Å². The molecule has 2 fully saturated rings. The van der Waals surface area contributed by atoms with Gasteiger partial charge in [0.1, 0.15) is 17.1 Å². The van der Waals surface area contributed by atoms with E-state index in [-0.39, 0.29) is 11.8 Å². The highest BCUT2D eigenvalue weighted by atomic mass is 16.5. The molecule has 0 spiro atoms. The van der Waals surface area contributed by atoms with Gasteiger partial charge in [-0.2, -0.15) is 5.26 Å². The highest BCUT2D eigenvalue weighted by Gasteiger charge is 2.73. The lowest BCUT2D eigenvalue weighted by Crippen LogP contribution is -2.53. The molecule has 8 nitrogen and oxygen atoms in total. The van der Waals surface area contributed by atoms with Crippen molar-refractivity contribution in [1.82, 2.24) is 14.8 Å². The number of likely N-dealkylation sites (N-methyl/N-ethyl adjacent to an activating group) is 1. The summed E-state index contributed by atoms with van der Waals surface area (Å²) in [5.74, 6) is 0.846. The van der Waals surface area contributed by atoms with Crippen LogP contribution >= 0.6 is 0 Å². The molecule has 39 heavy (non-hydrogen) atoms. The Morgan fingerprint density at radius 1 is 1.05 bits per heavy atom. The van der Waals surface area contributed by atoms with Gasteiger partial charge in [-0.1, -0.05) is 42.5 Å². The summed E-state index contributed by atoms with van der Waals surface area (Å²) < 4.78 is 12.7. The minimum atomic E-state index is -1.37. The van der Waals surface area contributed by atoms with Gasteiger partial charge in [0, 0.05) is 51.7 Å². The van der Waals surface area contributed by atoms with Gasteiger partial charge in [0.2, 0.25) is 0 Å². The van der Waals surface area contributed by atoms with Crippen molar-refractivity contribution in [2.24, 2.45) is 5.92 Å². The monoisotopic (exact) mass is 528 g/mol. The summed E-state index contributed by atoms with van der Waals surface area (Å²) in [5.41, 5.74) is 0.744. The topological polar surface area (TPSA) is 102 Å². The maximum Gasteiger partial charge on any atom is 0.174 e. The van der Waals surface area contributed by atoms with Crippen LogP contribution in [0.4, 0.5) is 0 Å². The summed E-state index contributed by atoms with van der Waals surface area (Å²) in [6.45, 7) is 4.69. The van der Waals surface area contributed by atoms with Crippen molar-refractivity contribution < 1.29 is 19.7 Å². The van der Waals surface area contributed by atoms with E-state index in [1.807, 2.05) is 42.5 Å². The average molecular weight is 529 g/mol. The maximum absolute atomic E-state index is 13.2. The van der Waals surface area contributed by atoms with Crippen molar-refractivity contribution in [2.75, 3.05) is 54.0 Å². The second-order valence-corrected chi connectivity index (χ2v) is 10.5. The summed E-state index contributed by atoms with van der Waals surface area (Å²) in [7, 11) is 4.77. The molecule has 4 atom stereocenters. The summed E-state index contributed by atoms with van der Waals surface area (Å²) >= 11 is 0. The zero-order chi connectivity index (χ0) is 27.6. The van der Waals surface area contributed by atoms with Crippen LogP contribution in [0.1, 0.15) is 34.6 Å². The zero-order valence-corrected chi connectivity index (χ0v) is 22.7. The molecule has 2 N–H and O–H groups in total. The number of pyridine rings is 1. The second kappa shape index (κ2) is 10.9. The highest BCUT2D eigenvalue weighted by molar-refractivity contribution is 5.58. The number of rotatable bonds is 5. The number of nitrogens with zero attached hydrogens (tertiary/aromatic N) is 4. The first-order chi connectivity index (χ1) is 19.0. The molecule has 204 valence electrons. The summed E-state index contributed by atoms with van der Waals surface area (Å²) in [5, 5.41) is 29.6. The Hall–Kier alpha value is -3.48. The molecule has 3 aliphatic rings. The van der Waals surface area contributed by atoms with Gasteiger partial charge in [0.15, 0.2) is 5.60 Å². The Morgan fingerprint density at radius 2 is 1.74 bits per heavy atom. The minimum Gasteiger partial charge on any atom is -0.495 e. The van der Waals surface area contributed by atoms with Crippen molar-refractivity contribution in [3.05, 3.63) is 89.2 Å². The molecule has 3 heterocycles. The second-order valence-electron chi connectivity index (χ2n) is 10.5. The number of benzene rings is 2. The van der Waals surface area contributed by atoms with Gasteiger partial charge in [-0.25, -0.2) is 0 Å². The van der Waals surface area contributed by atoms with E-state index in [1.165, 1.54) is 0 Å². The third kappa shape index (κ3) is 4.26. The quantitative estimate of drug-likeness (QED) is 0.521. The van der Waals surface area contributed by atoms with E-state index < -0.39 is 11.2 Å². The van der Waals surface area contributed by atoms with Crippen LogP contribution in [0, 0.1) is 17.2 Å². The molecule has 2 aliphatic heterocycles. The first-order valence-electron chi connectivity index (χ1n) is 13.4. The van der Waals surface area contributed by atoms with Crippen LogP contribution < -0.4 is 9.47 Å². The summed E-state index contributed by atoms with van der Waals surface area (Å²) in [4.78, 5) is 9.17. The van der Waals surface area contributed by atoms with E-state index in [2.05, 4.69) is 40.0 Å². The zero-order valence-electron chi connectivity index (χ0n) is 22.7. The Labute approximate surface area is 230 Å².